The number of carbonyl (C=O) groups is 1. The molecule has 5 heteroatoms. The van der Waals surface area contributed by atoms with Crippen LogP contribution in [0.2, 0.25) is 0 Å². The molecular formula is C12H15BrFNO2. The minimum absolute atomic E-state index is 0.241. The smallest absolute Gasteiger partial charge is 0.309 e. The van der Waals surface area contributed by atoms with Crippen molar-refractivity contribution in [1.82, 2.24) is 5.32 Å². The van der Waals surface area contributed by atoms with Crippen molar-refractivity contribution in [2.45, 2.75) is 13.5 Å². The molecule has 0 amide bonds. The lowest BCUT2D eigenvalue weighted by atomic mass is 10.1. The summed E-state index contributed by atoms with van der Waals surface area (Å²) in [6.07, 6.45) is 0. The molecule has 1 atom stereocenters. The third-order valence-electron chi connectivity index (χ3n) is 2.38. The Bertz CT molecular complexity index is 398. The molecule has 17 heavy (non-hydrogen) atoms. The molecule has 0 saturated carbocycles. The number of rotatable bonds is 5. The van der Waals surface area contributed by atoms with E-state index in [1.807, 2.05) is 0 Å². The second-order valence-electron chi connectivity index (χ2n) is 3.79. The fraction of sp³-hybridized carbons (Fsp3) is 0.417. The summed E-state index contributed by atoms with van der Waals surface area (Å²) in [6, 6.07) is 4.77. The highest BCUT2D eigenvalue weighted by Gasteiger charge is 2.12. The summed E-state index contributed by atoms with van der Waals surface area (Å²) >= 11 is 3.28. The largest absolute Gasteiger partial charge is 0.469 e. The summed E-state index contributed by atoms with van der Waals surface area (Å²) in [5.74, 6) is -0.770. The first-order chi connectivity index (χ1) is 8.04. The zero-order valence-electron chi connectivity index (χ0n) is 9.80. The zero-order chi connectivity index (χ0) is 12.8. The van der Waals surface area contributed by atoms with E-state index < -0.39 is 0 Å². The molecule has 0 fully saturated rings. The van der Waals surface area contributed by atoms with E-state index in [1.165, 1.54) is 13.2 Å². The lowest BCUT2D eigenvalue weighted by Crippen LogP contribution is -2.27. The Morgan fingerprint density at radius 1 is 1.59 bits per heavy atom. The van der Waals surface area contributed by atoms with Crippen molar-refractivity contribution in [3.05, 3.63) is 34.1 Å². The van der Waals surface area contributed by atoms with E-state index in [-0.39, 0.29) is 17.7 Å². The van der Waals surface area contributed by atoms with Crippen LogP contribution in [-0.4, -0.2) is 19.6 Å². The highest BCUT2D eigenvalue weighted by molar-refractivity contribution is 9.10. The highest BCUT2D eigenvalue weighted by Crippen LogP contribution is 2.15. The third kappa shape index (κ3) is 4.44. The van der Waals surface area contributed by atoms with Gasteiger partial charge in [-0.3, -0.25) is 4.79 Å². The van der Waals surface area contributed by atoms with Crippen LogP contribution in [-0.2, 0) is 16.1 Å². The summed E-state index contributed by atoms with van der Waals surface area (Å²) < 4.78 is 18.8. The Morgan fingerprint density at radius 3 is 2.94 bits per heavy atom. The second-order valence-corrected chi connectivity index (χ2v) is 4.71. The molecule has 94 valence electrons. The number of benzene rings is 1. The van der Waals surface area contributed by atoms with Crippen LogP contribution < -0.4 is 5.32 Å². The summed E-state index contributed by atoms with van der Waals surface area (Å²) in [6.45, 7) is 2.60. The molecule has 0 aliphatic rings. The van der Waals surface area contributed by atoms with Gasteiger partial charge >= 0.3 is 5.97 Å². The van der Waals surface area contributed by atoms with Crippen LogP contribution in [0.3, 0.4) is 0 Å². The normalized spacial score (nSPS) is 12.2. The van der Waals surface area contributed by atoms with Gasteiger partial charge in [0.15, 0.2) is 0 Å². The van der Waals surface area contributed by atoms with Crippen molar-refractivity contribution in [3.63, 3.8) is 0 Å². The monoisotopic (exact) mass is 303 g/mol. The van der Waals surface area contributed by atoms with E-state index in [4.69, 9.17) is 0 Å². The number of methoxy groups -OCH3 is 1. The first-order valence-corrected chi connectivity index (χ1v) is 6.06. The van der Waals surface area contributed by atoms with Gasteiger partial charge in [0.1, 0.15) is 5.82 Å². The van der Waals surface area contributed by atoms with Crippen LogP contribution in [0.5, 0.6) is 0 Å². The fourth-order valence-corrected chi connectivity index (χ4v) is 1.80. The molecule has 0 saturated heterocycles. The molecule has 3 nitrogen and oxygen atoms in total. The average Bonchev–Trinajstić information content (AvgIpc) is 2.32. The van der Waals surface area contributed by atoms with E-state index in [0.29, 0.717) is 18.7 Å². The van der Waals surface area contributed by atoms with Gasteiger partial charge in [-0.15, -0.1) is 0 Å². The summed E-state index contributed by atoms with van der Waals surface area (Å²) in [4.78, 5) is 11.1. The van der Waals surface area contributed by atoms with E-state index in [9.17, 15) is 9.18 Å². The minimum atomic E-state index is -0.271. The molecule has 0 aliphatic carbocycles. The topological polar surface area (TPSA) is 38.3 Å². The molecule has 0 radical (unpaired) electrons. The first kappa shape index (κ1) is 14.1. The lowest BCUT2D eigenvalue weighted by molar-refractivity contribution is -0.144. The molecule has 1 N–H and O–H groups in total. The Morgan fingerprint density at radius 2 is 2.29 bits per heavy atom. The quantitative estimate of drug-likeness (QED) is 0.849. The maximum atomic E-state index is 13.4. The van der Waals surface area contributed by atoms with Crippen LogP contribution in [0, 0.1) is 11.7 Å². The van der Waals surface area contributed by atoms with E-state index in [0.717, 1.165) is 4.47 Å². The van der Waals surface area contributed by atoms with E-state index in [2.05, 4.69) is 26.0 Å². The predicted molar refractivity (Wildman–Crippen MR) is 67.0 cm³/mol. The van der Waals surface area contributed by atoms with Crippen molar-refractivity contribution in [1.29, 1.82) is 0 Å². The van der Waals surface area contributed by atoms with Gasteiger partial charge in [0, 0.05) is 23.1 Å². The van der Waals surface area contributed by atoms with Gasteiger partial charge < -0.3 is 10.1 Å². The van der Waals surface area contributed by atoms with Crippen LogP contribution in [0.4, 0.5) is 4.39 Å². The van der Waals surface area contributed by atoms with Gasteiger partial charge in [0.25, 0.3) is 0 Å². The standard InChI is InChI=1S/C12H15BrFNO2/c1-8(12(16)17-2)6-15-7-9-5-10(13)3-4-11(9)14/h3-5,8,15H,6-7H2,1-2H3. The number of nitrogens with one attached hydrogen (secondary N) is 1. The molecule has 0 aliphatic heterocycles. The summed E-state index contributed by atoms with van der Waals surface area (Å²) in [7, 11) is 1.35. The van der Waals surface area contributed by atoms with E-state index in [1.54, 1.807) is 19.1 Å². The molecule has 1 aromatic rings. The SMILES string of the molecule is COC(=O)C(C)CNCc1cc(Br)ccc1F. The number of esters is 1. The van der Waals surface area contributed by atoms with Gasteiger partial charge in [-0.2, -0.15) is 0 Å². The molecular weight excluding hydrogens is 289 g/mol. The van der Waals surface area contributed by atoms with Crippen LogP contribution in [0.25, 0.3) is 0 Å². The number of carbonyl (C=O) groups excluding carboxylic acids is 1. The minimum Gasteiger partial charge on any atom is -0.469 e. The summed E-state index contributed by atoms with van der Waals surface area (Å²) in [5.41, 5.74) is 0.566. The van der Waals surface area contributed by atoms with Gasteiger partial charge in [-0.05, 0) is 18.2 Å². The molecule has 1 unspecified atom stereocenters. The van der Waals surface area contributed by atoms with Crippen molar-refractivity contribution in [3.8, 4) is 0 Å². The fourth-order valence-electron chi connectivity index (χ4n) is 1.39. The second kappa shape index (κ2) is 6.71. The first-order valence-electron chi connectivity index (χ1n) is 5.27. The molecule has 0 spiro atoms. The van der Waals surface area contributed by atoms with Gasteiger partial charge in [-0.1, -0.05) is 22.9 Å². The van der Waals surface area contributed by atoms with E-state index >= 15 is 0 Å². The van der Waals surface area contributed by atoms with Crippen molar-refractivity contribution in [2.24, 2.45) is 5.92 Å². The average molecular weight is 304 g/mol. The van der Waals surface area contributed by atoms with Crippen molar-refractivity contribution >= 4 is 21.9 Å². The predicted octanol–water partition coefficient (Wildman–Crippen LogP) is 2.49. The van der Waals surface area contributed by atoms with Crippen LogP contribution in [0.1, 0.15) is 12.5 Å². The zero-order valence-corrected chi connectivity index (χ0v) is 11.4. The number of halogens is 2. The Hall–Kier alpha value is -0.940. The Kier molecular flexibility index (Phi) is 5.58. The molecule has 1 aromatic carbocycles. The maximum Gasteiger partial charge on any atom is 0.309 e. The molecule has 0 bridgehead atoms. The molecule has 0 heterocycles. The van der Waals surface area contributed by atoms with Gasteiger partial charge in [0.05, 0.1) is 13.0 Å². The number of hydrogen-bond acceptors (Lipinski definition) is 3. The van der Waals surface area contributed by atoms with Crippen molar-refractivity contribution in [2.75, 3.05) is 13.7 Å². The van der Waals surface area contributed by atoms with Gasteiger partial charge in [-0.25, -0.2) is 4.39 Å². The number of hydrogen-bond donors (Lipinski definition) is 1. The van der Waals surface area contributed by atoms with Gasteiger partial charge in [0.2, 0.25) is 0 Å². The molecule has 0 aromatic heterocycles. The summed E-state index contributed by atoms with van der Waals surface area (Å²) in [5, 5.41) is 3.02. The van der Waals surface area contributed by atoms with Crippen molar-refractivity contribution < 1.29 is 13.9 Å². The number of ether oxygens (including phenoxy) is 1. The van der Waals surface area contributed by atoms with Crippen LogP contribution >= 0.6 is 15.9 Å². The maximum absolute atomic E-state index is 13.4. The lowest BCUT2D eigenvalue weighted by Gasteiger charge is -2.11. The van der Waals surface area contributed by atoms with Crippen LogP contribution in [0.15, 0.2) is 22.7 Å². The Balaban J connectivity index is 2.45. The molecule has 1 rings (SSSR count). The highest BCUT2D eigenvalue weighted by atomic mass is 79.9. The Labute approximate surface area is 108 Å². The third-order valence-corrected chi connectivity index (χ3v) is 2.87.